The highest BCUT2D eigenvalue weighted by Crippen LogP contribution is 2.22. The van der Waals surface area contributed by atoms with Gasteiger partial charge in [-0.2, -0.15) is 4.98 Å². The highest BCUT2D eigenvalue weighted by atomic mass is 16.5. The number of carbonyl (C=O) groups is 1. The van der Waals surface area contributed by atoms with E-state index >= 15 is 0 Å². The topological polar surface area (TPSA) is 89.7 Å². The molecule has 1 saturated heterocycles. The molecule has 1 amide bonds. The van der Waals surface area contributed by atoms with Crippen LogP contribution in [0.1, 0.15) is 31.2 Å². The molecule has 2 unspecified atom stereocenters. The second kappa shape index (κ2) is 11.2. The zero-order chi connectivity index (χ0) is 23.9. The van der Waals surface area contributed by atoms with Crippen LogP contribution in [0.2, 0.25) is 0 Å². The number of hydrogen-bond donors (Lipinski definition) is 1. The molecule has 2 atom stereocenters. The van der Waals surface area contributed by atoms with Crippen LogP contribution >= 0.6 is 0 Å². The Bertz CT molecular complexity index is 1080. The van der Waals surface area contributed by atoms with Crippen LogP contribution in [-0.4, -0.2) is 53.8 Å². The van der Waals surface area contributed by atoms with Crippen molar-refractivity contribution in [2.24, 2.45) is 5.92 Å². The van der Waals surface area contributed by atoms with Gasteiger partial charge in [0.1, 0.15) is 18.1 Å². The minimum absolute atomic E-state index is 0.0648. The number of para-hydroxylation sites is 1. The van der Waals surface area contributed by atoms with Crippen LogP contribution in [0.5, 0.6) is 11.5 Å². The van der Waals surface area contributed by atoms with Crippen molar-refractivity contribution in [1.82, 2.24) is 20.4 Å². The molecular formula is C26H32N4O4. The first-order chi connectivity index (χ1) is 16.5. The summed E-state index contributed by atoms with van der Waals surface area (Å²) < 4.78 is 16.5. The van der Waals surface area contributed by atoms with Gasteiger partial charge >= 0.3 is 0 Å². The molecule has 0 aliphatic carbocycles. The molecule has 1 fully saturated rings. The molecule has 2 aromatic carbocycles. The maximum absolute atomic E-state index is 12.9. The zero-order valence-electron chi connectivity index (χ0n) is 20.0. The first kappa shape index (κ1) is 23.8. The van der Waals surface area contributed by atoms with Crippen LogP contribution in [0, 0.1) is 12.8 Å². The highest BCUT2D eigenvalue weighted by molar-refractivity contribution is 5.79. The maximum atomic E-state index is 12.9. The average Bonchev–Trinajstić information content (AvgIpc) is 3.32. The lowest BCUT2D eigenvalue weighted by atomic mass is 9.97. The molecule has 3 aromatic rings. The summed E-state index contributed by atoms with van der Waals surface area (Å²) in [4.78, 5) is 19.6. The van der Waals surface area contributed by atoms with Crippen LogP contribution < -0.4 is 14.8 Å². The second-order valence-electron chi connectivity index (χ2n) is 8.80. The van der Waals surface area contributed by atoms with Gasteiger partial charge in [-0.25, -0.2) is 0 Å². The number of rotatable bonds is 9. The molecule has 0 spiro atoms. The summed E-state index contributed by atoms with van der Waals surface area (Å²) in [5.41, 5.74) is 1.95. The minimum Gasteiger partial charge on any atom is -0.497 e. The molecule has 8 heteroatoms. The summed E-state index contributed by atoms with van der Waals surface area (Å²) in [7, 11) is 1.63. The molecule has 1 aromatic heterocycles. The lowest BCUT2D eigenvalue weighted by molar-refractivity contribution is -0.127. The Kier molecular flexibility index (Phi) is 7.80. The van der Waals surface area contributed by atoms with Gasteiger partial charge in [-0.3, -0.25) is 9.69 Å². The van der Waals surface area contributed by atoms with Crippen LogP contribution in [0.25, 0.3) is 11.4 Å². The fourth-order valence-electron chi connectivity index (χ4n) is 4.12. The molecule has 1 N–H and O–H groups in total. The van der Waals surface area contributed by atoms with Gasteiger partial charge in [-0.1, -0.05) is 23.4 Å². The molecule has 1 aliphatic heterocycles. The Morgan fingerprint density at radius 3 is 2.79 bits per heavy atom. The van der Waals surface area contributed by atoms with Crippen molar-refractivity contribution in [3.05, 3.63) is 60.0 Å². The predicted octanol–water partition coefficient (Wildman–Crippen LogP) is 3.85. The van der Waals surface area contributed by atoms with Gasteiger partial charge in [0.15, 0.2) is 0 Å². The van der Waals surface area contributed by atoms with E-state index in [4.69, 9.17) is 14.0 Å². The summed E-state index contributed by atoms with van der Waals surface area (Å²) >= 11 is 0. The number of amides is 1. The van der Waals surface area contributed by atoms with Gasteiger partial charge < -0.3 is 19.3 Å². The number of aryl methyl sites for hydroxylation is 1. The van der Waals surface area contributed by atoms with Gasteiger partial charge in [0.25, 0.3) is 0 Å². The monoisotopic (exact) mass is 464 g/mol. The quantitative estimate of drug-likeness (QED) is 0.514. The van der Waals surface area contributed by atoms with Gasteiger partial charge in [-0.05, 0) is 69.1 Å². The van der Waals surface area contributed by atoms with E-state index in [9.17, 15) is 4.79 Å². The van der Waals surface area contributed by atoms with Crippen molar-refractivity contribution < 1.29 is 18.8 Å². The summed E-state index contributed by atoms with van der Waals surface area (Å²) in [6.07, 6.45) is 1.82. The van der Waals surface area contributed by atoms with Gasteiger partial charge in [0.2, 0.25) is 17.6 Å². The Balaban J connectivity index is 1.27. The van der Waals surface area contributed by atoms with Crippen LogP contribution in [0.4, 0.5) is 0 Å². The molecule has 34 heavy (non-hydrogen) atoms. The normalized spacial score (nSPS) is 17.2. The molecule has 0 bridgehead atoms. The largest absolute Gasteiger partial charge is 0.497 e. The lowest BCUT2D eigenvalue weighted by Crippen LogP contribution is -2.46. The Morgan fingerprint density at radius 1 is 1.24 bits per heavy atom. The van der Waals surface area contributed by atoms with Gasteiger partial charge in [-0.15, -0.1) is 0 Å². The molecule has 2 heterocycles. The number of aromatic nitrogens is 2. The molecule has 0 radical (unpaired) electrons. The van der Waals surface area contributed by atoms with E-state index in [-0.39, 0.29) is 17.9 Å². The van der Waals surface area contributed by atoms with E-state index in [1.165, 1.54) is 0 Å². The zero-order valence-corrected chi connectivity index (χ0v) is 20.0. The first-order valence-electron chi connectivity index (χ1n) is 11.7. The Morgan fingerprint density at radius 2 is 2.03 bits per heavy atom. The summed E-state index contributed by atoms with van der Waals surface area (Å²) in [5, 5.41) is 7.21. The predicted molar refractivity (Wildman–Crippen MR) is 129 cm³/mol. The average molecular weight is 465 g/mol. The standard InChI is InChI=1S/C26H32N4O4/c1-18-7-4-5-9-23(18)33-17-19(2)27-26(31)21-8-6-14-30(15-21)16-24-28-25(29-34-24)20-10-12-22(32-3)13-11-20/h4-5,7,9-13,19,21H,6,8,14-17H2,1-3H3,(H,27,31). The van der Waals surface area contributed by atoms with E-state index in [0.29, 0.717) is 31.4 Å². The summed E-state index contributed by atoms with van der Waals surface area (Å²) in [6.45, 7) is 6.50. The van der Waals surface area contributed by atoms with Crippen LogP contribution in [0.3, 0.4) is 0 Å². The number of hydrogen-bond acceptors (Lipinski definition) is 7. The highest BCUT2D eigenvalue weighted by Gasteiger charge is 2.27. The number of ether oxygens (including phenoxy) is 2. The maximum Gasteiger partial charge on any atom is 0.241 e. The minimum atomic E-state index is -0.0783. The van der Waals surface area contributed by atoms with Crippen molar-refractivity contribution in [3.63, 3.8) is 0 Å². The molecule has 180 valence electrons. The molecule has 8 nitrogen and oxygen atoms in total. The van der Waals surface area contributed by atoms with E-state index in [1.807, 2.05) is 62.4 Å². The van der Waals surface area contributed by atoms with Crippen molar-refractivity contribution >= 4 is 5.91 Å². The number of nitrogens with one attached hydrogen (secondary N) is 1. The van der Waals surface area contributed by atoms with E-state index < -0.39 is 0 Å². The van der Waals surface area contributed by atoms with Crippen molar-refractivity contribution in [3.8, 4) is 22.9 Å². The lowest BCUT2D eigenvalue weighted by Gasteiger charge is -2.31. The number of carbonyl (C=O) groups excluding carboxylic acids is 1. The van der Waals surface area contributed by atoms with Crippen molar-refractivity contribution in [1.29, 1.82) is 0 Å². The smallest absolute Gasteiger partial charge is 0.241 e. The van der Waals surface area contributed by atoms with E-state index in [2.05, 4.69) is 20.4 Å². The molecular weight excluding hydrogens is 432 g/mol. The number of piperidine rings is 1. The third kappa shape index (κ3) is 6.14. The molecule has 0 saturated carbocycles. The van der Waals surface area contributed by atoms with Crippen molar-refractivity contribution in [2.75, 3.05) is 26.8 Å². The van der Waals surface area contributed by atoms with Gasteiger partial charge in [0.05, 0.1) is 25.6 Å². The molecule has 1 aliphatic rings. The third-order valence-corrected chi connectivity index (χ3v) is 6.02. The van der Waals surface area contributed by atoms with E-state index in [0.717, 1.165) is 42.0 Å². The van der Waals surface area contributed by atoms with Gasteiger partial charge in [0, 0.05) is 12.1 Å². The number of likely N-dealkylation sites (tertiary alicyclic amines) is 1. The van der Waals surface area contributed by atoms with Crippen LogP contribution in [0.15, 0.2) is 53.1 Å². The number of nitrogens with zero attached hydrogens (tertiary/aromatic N) is 3. The Labute approximate surface area is 200 Å². The number of benzene rings is 2. The molecule has 4 rings (SSSR count). The number of methoxy groups -OCH3 is 1. The Hall–Kier alpha value is -3.39. The van der Waals surface area contributed by atoms with E-state index in [1.54, 1.807) is 7.11 Å². The van der Waals surface area contributed by atoms with Crippen molar-refractivity contribution in [2.45, 2.75) is 39.3 Å². The SMILES string of the molecule is COc1ccc(-c2noc(CN3CCCC(C(=O)NC(C)COc4ccccc4C)C3)n2)cc1. The fraction of sp³-hybridized carbons (Fsp3) is 0.423. The third-order valence-electron chi connectivity index (χ3n) is 6.02. The second-order valence-corrected chi connectivity index (χ2v) is 8.80. The summed E-state index contributed by atoms with van der Waals surface area (Å²) in [5.74, 6) is 2.72. The summed E-state index contributed by atoms with van der Waals surface area (Å²) in [6, 6.07) is 15.3. The first-order valence-corrected chi connectivity index (χ1v) is 11.7. The fourth-order valence-corrected chi connectivity index (χ4v) is 4.12. The van der Waals surface area contributed by atoms with Crippen LogP contribution in [-0.2, 0) is 11.3 Å².